The summed E-state index contributed by atoms with van der Waals surface area (Å²) in [6.07, 6.45) is 1.61. The van der Waals surface area contributed by atoms with Gasteiger partial charge < -0.3 is 10.0 Å². The van der Waals surface area contributed by atoms with E-state index in [0.717, 1.165) is 0 Å². The Balaban J connectivity index is 2.19. The van der Waals surface area contributed by atoms with E-state index in [-0.39, 0.29) is 5.75 Å². The Kier molecular flexibility index (Phi) is 4.39. The average molecular weight is 307 g/mol. The van der Waals surface area contributed by atoms with Crippen molar-refractivity contribution in [3.05, 3.63) is 0 Å². The van der Waals surface area contributed by atoms with Crippen LogP contribution in [0.5, 0.6) is 0 Å². The molecule has 1 amide bonds. The zero-order valence-corrected chi connectivity index (χ0v) is 12.1. The molecule has 0 saturated carbocycles. The van der Waals surface area contributed by atoms with E-state index in [1.54, 1.807) is 0 Å². The molecule has 2 saturated heterocycles. The molecule has 108 valence electrons. The molecule has 0 radical (unpaired) electrons. The highest BCUT2D eigenvalue weighted by molar-refractivity contribution is 7.99. The molecule has 0 bridgehead atoms. The number of hydrogen-bond acceptors (Lipinski definition) is 5. The zero-order valence-electron chi connectivity index (χ0n) is 10.4. The predicted octanol–water partition coefficient (Wildman–Crippen LogP) is -0.0177. The first kappa shape index (κ1) is 14.6. The summed E-state index contributed by atoms with van der Waals surface area (Å²) in [4.78, 5) is 24.8. The number of amides is 1. The third kappa shape index (κ3) is 3.05. The van der Waals surface area contributed by atoms with Gasteiger partial charge in [-0.1, -0.05) is 6.42 Å². The lowest BCUT2D eigenvalue weighted by Gasteiger charge is -2.35. The number of hydrogen-bond donors (Lipinski definition) is 1. The minimum absolute atomic E-state index is 0.0315. The van der Waals surface area contributed by atoms with Crippen molar-refractivity contribution in [3.63, 3.8) is 0 Å². The summed E-state index contributed by atoms with van der Waals surface area (Å²) < 4.78 is 23.9. The molecule has 0 spiro atoms. The van der Waals surface area contributed by atoms with Crippen LogP contribution in [0.3, 0.4) is 0 Å². The van der Waals surface area contributed by atoms with E-state index in [9.17, 15) is 18.0 Å². The molecule has 2 fully saturated rings. The summed E-state index contributed by atoms with van der Waals surface area (Å²) in [5.74, 6) is -0.569. The second kappa shape index (κ2) is 5.70. The van der Waals surface area contributed by atoms with Crippen LogP contribution in [0.1, 0.15) is 19.3 Å². The maximum absolute atomic E-state index is 12.4. The van der Waals surface area contributed by atoms with Gasteiger partial charge in [-0.05, 0) is 12.8 Å². The van der Waals surface area contributed by atoms with Crippen LogP contribution in [0.4, 0.5) is 0 Å². The van der Waals surface area contributed by atoms with Gasteiger partial charge in [0.2, 0.25) is 5.91 Å². The highest BCUT2D eigenvalue weighted by Crippen LogP contribution is 2.25. The molecule has 2 atom stereocenters. The summed E-state index contributed by atoms with van der Waals surface area (Å²) in [5, 5.41) is 8.09. The molecule has 0 aromatic carbocycles. The largest absolute Gasteiger partial charge is 0.480 e. The molecule has 2 heterocycles. The number of thioether (sulfide) groups is 1. The maximum Gasteiger partial charge on any atom is 0.327 e. The maximum atomic E-state index is 12.4. The van der Waals surface area contributed by atoms with Gasteiger partial charge in [-0.15, -0.1) is 0 Å². The number of carboxylic acids is 1. The standard InChI is InChI=1S/C11H17NO5S2/c13-10(9-3-1-2-6-19(9,16)17)12-4-5-18-7-8(12)11(14)15/h8-9H,1-7H2,(H,14,15). The third-order valence-corrected chi connectivity index (χ3v) is 6.74. The summed E-state index contributed by atoms with van der Waals surface area (Å²) in [7, 11) is -3.41. The predicted molar refractivity (Wildman–Crippen MR) is 71.9 cm³/mol. The van der Waals surface area contributed by atoms with Gasteiger partial charge in [0.1, 0.15) is 11.3 Å². The van der Waals surface area contributed by atoms with Gasteiger partial charge in [-0.25, -0.2) is 13.2 Å². The number of carboxylic acid groups (broad SMARTS) is 1. The summed E-state index contributed by atoms with van der Waals surface area (Å²) in [5.41, 5.74) is 0. The van der Waals surface area contributed by atoms with Crippen molar-refractivity contribution in [2.45, 2.75) is 30.6 Å². The molecule has 19 heavy (non-hydrogen) atoms. The zero-order chi connectivity index (χ0) is 14.0. The number of sulfone groups is 1. The third-order valence-electron chi connectivity index (χ3n) is 3.55. The Morgan fingerprint density at radius 2 is 2.00 bits per heavy atom. The van der Waals surface area contributed by atoms with E-state index >= 15 is 0 Å². The number of aliphatic carboxylic acids is 1. The molecule has 2 unspecified atom stereocenters. The molecule has 6 nitrogen and oxygen atoms in total. The normalized spacial score (nSPS) is 30.8. The van der Waals surface area contributed by atoms with E-state index in [1.165, 1.54) is 16.7 Å². The van der Waals surface area contributed by atoms with Crippen LogP contribution in [0.2, 0.25) is 0 Å². The van der Waals surface area contributed by atoms with Crippen molar-refractivity contribution < 1.29 is 23.1 Å². The van der Waals surface area contributed by atoms with Crippen molar-refractivity contribution in [1.29, 1.82) is 0 Å². The minimum Gasteiger partial charge on any atom is -0.480 e. The van der Waals surface area contributed by atoms with Crippen LogP contribution >= 0.6 is 11.8 Å². The molecule has 1 N–H and O–H groups in total. The number of rotatable bonds is 2. The SMILES string of the molecule is O=C(O)C1CSCCN1C(=O)C1CCCCS1(=O)=O. The molecular weight excluding hydrogens is 290 g/mol. The Morgan fingerprint density at radius 3 is 2.63 bits per heavy atom. The van der Waals surface area contributed by atoms with E-state index in [0.29, 0.717) is 37.3 Å². The highest BCUT2D eigenvalue weighted by Gasteiger charge is 2.41. The monoisotopic (exact) mass is 307 g/mol. The highest BCUT2D eigenvalue weighted by atomic mass is 32.2. The fourth-order valence-corrected chi connectivity index (χ4v) is 5.39. The Labute approximate surface area is 116 Å². The fourth-order valence-electron chi connectivity index (χ4n) is 2.49. The van der Waals surface area contributed by atoms with Crippen LogP contribution in [0.15, 0.2) is 0 Å². The van der Waals surface area contributed by atoms with Gasteiger partial charge >= 0.3 is 5.97 Å². The van der Waals surface area contributed by atoms with Crippen molar-refractivity contribution in [2.75, 3.05) is 23.8 Å². The topological polar surface area (TPSA) is 91.8 Å². The first-order valence-electron chi connectivity index (χ1n) is 6.26. The first-order chi connectivity index (χ1) is 8.93. The van der Waals surface area contributed by atoms with E-state index in [2.05, 4.69) is 0 Å². The summed E-state index contributed by atoms with van der Waals surface area (Å²) >= 11 is 1.47. The van der Waals surface area contributed by atoms with Crippen molar-refractivity contribution >= 4 is 33.5 Å². The van der Waals surface area contributed by atoms with Crippen molar-refractivity contribution in [1.82, 2.24) is 4.90 Å². The van der Waals surface area contributed by atoms with Gasteiger partial charge in [-0.3, -0.25) is 4.79 Å². The van der Waals surface area contributed by atoms with Crippen molar-refractivity contribution in [3.8, 4) is 0 Å². The summed E-state index contributed by atoms with van der Waals surface area (Å²) in [6, 6.07) is -0.900. The van der Waals surface area contributed by atoms with Gasteiger partial charge in [0.05, 0.1) is 5.75 Å². The lowest BCUT2D eigenvalue weighted by atomic mass is 10.1. The lowest BCUT2D eigenvalue weighted by Crippen LogP contribution is -2.55. The van der Waals surface area contributed by atoms with Gasteiger partial charge in [0.15, 0.2) is 9.84 Å². The molecule has 2 rings (SSSR count). The Bertz CT molecular complexity index is 475. The van der Waals surface area contributed by atoms with E-state index < -0.39 is 33.0 Å². The average Bonchev–Trinajstić information content (AvgIpc) is 2.37. The second-order valence-corrected chi connectivity index (χ2v) is 8.26. The first-order valence-corrected chi connectivity index (χ1v) is 9.13. The molecule has 2 aliphatic heterocycles. The van der Waals surface area contributed by atoms with Crippen LogP contribution < -0.4 is 0 Å². The van der Waals surface area contributed by atoms with E-state index in [4.69, 9.17) is 5.11 Å². The molecule has 8 heteroatoms. The van der Waals surface area contributed by atoms with Gasteiger partial charge in [0, 0.05) is 18.1 Å². The molecular formula is C11H17NO5S2. The van der Waals surface area contributed by atoms with Crippen molar-refractivity contribution in [2.24, 2.45) is 0 Å². The Morgan fingerprint density at radius 1 is 1.26 bits per heavy atom. The smallest absolute Gasteiger partial charge is 0.327 e. The number of nitrogens with zero attached hydrogens (tertiary/aromatic N) is 1. The molecule has 0 aromatic heterocycles. The summed E-state index contributed by atoms with van der Waals surface area (Å²) in [6.45, 7) is 0.312. The second-order valence-electron chi connectivity index (χ2n) is 4.81. The Hall–Kier alpha value is -0.760. The molecule has 2 aliphatic rings. The van der Waals surface area contributed by atoms with Gasteiger partial charge in [-0.2, -0.15) is 11.8 Å². The van der Waals surface area contributed by atoms with Gasteiger partial charge in [0.25, 0.3) is 0 Å². The van der Waals surface area contributed by atoms with Crippen LogP contribution in [0.25, 0.3) is 0 Å². The minimum atomic E-state index is -3.41. The fraction of sp³-hybridized carbons (Fsp3) is 0.818. The number of carbonyl (C=O) groups is 2. The van der Waals surface area contributed by atoms with E-state index in [1.807, 2.05) is 0 Å². The lowest BCUT2D eigenvalue weighted by molar-refractivity contribution is -0.149. The number of carbonyl (C=O) groups excluding carboxylic acids is 1. The quantitative estimate of drug-likeness (QED) is 0.771. The van der Waals surface area contributed by atoms with Crippen LogP contribution in [0, 0.1) is 0 Å². The molecule has 0 aromatic rings. The van der Waals surface area contributed by atoms with Crippen LogP contribution in [-0.4, -0.2) is 65.4 Å². The molecule has 0 aliphatic carbocycles. The van der Waals surface area contributed by atoms with Crippen LogP contribution in [-0.2, 0) is 19.4 Å².